The summed E-state index contributed by atoms with van der Waals surface area (Å²) in [4.78, 5) is 14.4. The number of nitrogens with zero attached hydrogens (tertiary/aromatic N) is 2. The quantitative estimate of drug-likeness (QED) is 0.860. The van der Waals surface area contributed by atoms with E-state index in [0.717, 1.165) is 11.1 Å². The van der Waals surface area contributed by atoms with Gasteiger partial charge < -0.3 is 5.11 Å². The molecule has 0 fully saturated rings. The Morgan fingerprint density at radius 2 is 1.67 bits per heavy atom. The fourth-order valence-corrected chi connectivity index (χ4v) is 1.57. The minimum absolute atomic E-state index is 0. The summed E-state index contributed by atoms with van der Waals surface area (Å²) in [7, 11) is 0. The Balaban J connectivity index is 0.00000162. The zero-order valence-corrected chi connectivity index (χ0v) is 10.5. The molecule has 0 aliphatic rings. The zero-order valence-electron chi connectivity index (χ0n) is 9.69. The summed E-state index contributed by atoms with van der Waals surface area (Å²) in [6, 6.07) is 7.82. The molecular formula is C13H14ClN2O2+. The van der Waals surface area contributed by atoms with Gasteiger partial charge in [-0.3, -0.25) is 9.78 Å². The number of pyridine rings is 2. The molecule has 4 nitrogen and oxygen atoms in total. The van der Waals surface area contributed by atoms with Crippen molar-refractivity contribution in [3.63, 3.8) is 0 Å². The molecule has 0 bridgehead atoms. The lowest BCUT2D eigenvalue weighted by atomic mass is 10.1. The fourth-order valence-electron chi connectivity index (χ4n) is 1.57. The van der Waals surface area contributed by atoms with Crippen molar-refractivity contribution in [1.29, 1.82) is 0 Å². The van der Waals surface area contributed by atoms with Gasteiger partial charge in [0.05, 0.1) is 0 Å². The van der Waals surface area contributed by atoms with E-state index in [9.17, 15) is 4.79 Å². The molecule has 0 atom stereocenters. The van der Waals surface area contributed by atoms with Crippen LogP contribution in [0, 0.1) is 0 Å². The molecule has 0 aliphatic heterocycles. The second-order valence-corrected chi connectivity index (χ2v) is 3.70. The monoisotopic (exact) mass is 265 g/mol. The number of hydrogen-bond donors (Lipinski definition) is 1. The molecule has 94 valence electrons. The number of aliphatic carboxylic acids is 1. The van der Waals surface area contributed by atoms with Crippen LogP contribution < -0.4 is 4.57 Å². The van der Waals surface area contributed by atoms with Gasteiger partial charge in [0.1, 0.15) is 6.42 Å². The van der Waals surface area contributed by atoms with E-state index in [1.165, 1.54) is 0 Å². The maximum atomic E-state index is 10.4. The number of carboxylic acids is 1. The van der Waals surface area contributed by atoms with Crippen molar-refractivity contribution in [3.8, 4) is 11.1 Å². The molecule has 0 saturated heterocycles. The molecule has 2 heterocycles. The minimum Gasteiger partial charge on any atom is -0.481 e. The smallest absolute Gasteiger partial charge is 0.309 e. The molecule has 18 heavy (non-hydrogen) atoms. The average molecular weight is 266 g/mol. The first-order valence-electron chi connectivity index (χ1n) is 5.37. The van der Waals surface area contributed by atoms with Crippen molar-refractivity contribution >= 4 is 18.4 Å². The normalized spacial score (nSPS) is 9.56. The van der Waals surface area contributed by atoms with Gasteiger partial charge in [0.2, 0.25) is 0 Å². The lowest BCUT2D eigenvalue weighted by molar-refractivity contribution is -0.695. The van der Waals surface area contributed by atoms with E-state index in [2.05, 4.69) is 4.98 Å². The van der Waals surface area contributed by atoms with Crippen molar-refractivity contribution in [3.05, 3.63) is 49.1 Å². The third-order valence-electron chi connectivity index (χ3n) is 2.49. The van der Waals surface area contributed by atoms with Gasteiger partial charge in [0, 0.05) is 24.5 Å². The second-order valence-electron chi connectivity index (χ2n) is 3.70. The Kier molecular flexibility index (Phi) is 5.27. The number of rotatable bonds is 4. The van der Waals surface area contributed by atoms with Crippen molar-refractivity contribution in [1.82, 2.24) is 4.98 Å². The average Bonchev–Trinajstić information content (AvgIpc) is 2.38. The standard InChI is InChI=1S/C13H12N2O2.ClH/c16-13(17)5-10-15-8-3-12(4-9-15)11-1-6-14-7-2-11;/h1-4,6-9H,5,10H2;1H/p+1. The van der Waals surface area contributed by atoms with E-state index in [1.54, 1.807) is 12.4 Å². The molecule has 2 aromatic rings. The zero-order chi connectivity index (χ0) is 12.1. The number of carboxylic acid groups (broad SMARTS) is 1. The summed E-state index contributed by atoms with van der Waals surface area (Å²) < 4.78 is 1.86. The Morgan fingerprint density at radius 1 is 1.11 bits per heavy atom. The highest BCUT2D eigenvalue weighted by Gasteiger charge is 2.05. The molecule has 2 rings (SSSR count). The van der Waals surface area contributed by atoms with Crippen LogP contribution in [0.15, 0.2) is 49.1 Å². The van der Waals surface area contributed by atoms with Crippen LogP contribution in [0.2, 0.25) is 0 Å². The number of halogens is 1. The van der Waals surface area contributed by atoms with E-state index in [4.69, 9.17) is 5.11 Å². The van der Waals surface area contributed by atoms with E-state index >= 15 is 0 Å². The Labute approximate surface area is 111 Å². The topological polar surface area (TPSA) is 54.1 Å². The Hall–Kier alpha value is -1.94. The predicted octanol–water partition coefficient (Wildman–Crippen LogP) is 1.93. The number of hydrogen-bond acceptors (Lipinski definition) is 2. The van der Waals surface area contributed by atoms with Crippen molar-refractivity contribution in [2.24, 2.45) is 0 Å². The van der Waals surface area contributed by atoms with Crippen LogP contribution in [0.1, 0.15) is 6.42 Å². The maximum absolute atomic E-state index is 10.4. The summed E-state index contributed by atoms with van der Waals surface area (Å²) in [5.74, 6) is -0.782. The van der Waals surface area contributed by atoms with Crippen LogP contribution in [0.5, 0.6) is 0 Å². The van der Waals surface area contributed by atoms with E-state index < -0.39 is 5.97 Å². The van der Waals surface area contributed by atoms with Crippen molar-refractivity contribution in [2.75, 3.05) is 0 Å². The molecule has 0 spiro atoms. The van der Waals surface area contributed by atoms with Gasteiger partial charge in [0.25, 0.3) is 0 Å². The summed E-state index contributed by atoms with van der Waals surface area (Å²) in [6.07, 6.45) is 7.41. The number of carbonyl (C=O) groups is 1. The van der Waals surface area contributed by atoms with Gasteiger partial charge in [-0.25, -0.2) is 4.57 Å². The first-order valence-corrected chi connectivity index (χ1v) is 5.37. The van der Waals surface area contributed by atoms with Crippen molar-refractivity contribution < 1.29 is 14.5 Å². The third-order valence-corrected chi connectivity index (χ3v) is 2.49. The third kappa shape index (κ3) is 3.82. The summed E-state index contributed by atoms with van der Waals surface area (Å²) in [5.41, 5.74) is 2.20. The van der Waals surface area contributed by atoms with Crippen LogP contribution in [0.3, 0.4) is 0 Å². The minimum atomic E-state index is -0.782. The van der Waals surface area contributed by atoms with E-state index in [1.807, 2.05) is 41.2 Å². The maximum Gasteiger partial charge on any atom is 0.309 e. The predicted molar refractivity (Wildman–Crippen MR) is 69.4 cm³/mol. The molecule has 0 aromatic carbocycles. The lowest BCUT2D eigenvalue weighted by Crippen LogP contribution is -2.33. The summed E-state index contributed by atoms with van der Waals surface area (Å²) >= 11 is 0. The fraction of sp³-hybridized carbons (Fsp3) is 0.154. The largest absolute Gasteiger partial charge is 0.481 e. The van der Waals surface area contributed by atoms with E-state index in [-0.39, 0.29) is 18.8 Å². The van der Waals surface area contributed by atoms with Crippen LogP contribution >= 0.6 is 12.4 Å². The summed E-state index contributed by atoms with van der Waals surface area (Å²) in [6.45, 7) is 0.492. The number of aryl methyl sites for hydroxylation is 1. The first-order chi connectivity index (χ1) is 8.25. The van der Waals surface area contributed by atoms with Gasteiger partial charge in [-0.15, -0.1) is 12.4 Å². The highest BCUT2D eigenvalue weighted by atomic mass is 35.5. The molecule has 1 N–H and O–H groups in total. The van der Waals surface area contributed by atoms with Crippen molar-refractivity contribution in [2.45, 2.75) is 13.0 Å². The van der Waals surface area contributed by atoms with Gasteiger partial charge in [0.15, 0.2) is 18.9 Å². The Bertz CT molecular complexity index is 500. The summed E-state index contributed by atoms with van der Waals surface area (Å²) in [5, 5.41) is 8.59. The molecule has 0 aliphatic carbocycles. The first kappa shape index (κ1) is 14.1. The highest BCUT2D eigenvalue weighted by Crippen LogP contribution is 2.15. The van der Waals surface area contributed by atoms with Gasteiger partial charge in [-0.05, 0) is 23.3 Å². The van der Waals surface area contributed by atoms with Gasteiger partial charge in [-0.2, -0.15) is 0 Å². The van der Waals surface area contributed by atoms with Gasteiger partial charge >= 0.3 is 5.97 Å². The molecule has 2 aromatic heterocycles. The second kappa shape index (κ2) is 6.71. The molecule has 0 saturated carbocycles. The molecule has 0 unspecified atom stereocenters. The van der Waals surface area contributed by atoms with Crippen LogP contribution in [0.25, 0.3) is 11.1 Å². The van der Waals surface area contributed by atoms with Crippen LogP contribution in [-0.4, -0.2) is 16.1 Å². The van der Waals surface area contributed by atoms with E-state index in [0.29, 0.717) is 6.54 Å². The SMILES string of the molecule is Cl.O=C(O)CC[n+]1ccc(-c2ccncc2)cc1. The molecule has 0 amide bonds. The van der Waals surface area contributed by atoms with Crippen LogP contribution in [0.4, 0.5) is 0 Å². The molecule has 5 heteroatoms. The number of aromatic nitrogens is 2. The van der Waals surface area contributed by atoms with Gasteiger partial charge in [-0.1, -0.05) is 0 Å². The van der Waals surface area contributed by atoms with Crippen LogP contribution in [-0.2, 0) is 11.3 Å². The molecular weight excluding hydrogens is 252 g/mol. The highest BCUT2D eigenvalue weighted by molar-refractivity contribution is 5.85. The lowest BCUT2D eigenvalue weighted by Gasteiger charge is -1.99. The molecule has 0 radical (unpaired) electrons. The Morgan fingerprint density at radius 3 is 2.22 bits per heavy atom.